The van der Waals surface area contributed by atoms with Crippen LogP contribution in [0.2, 0.25) is 0 Å². The Morgan fingerprint density at radius 3 is 2.00 bits per heavy atom. The average Bonchev–Trinajstić information content (AvgIpc) is 3.07. The van der Waals surface area contributed by atoms with Crippen molar-refractivity contribution in [3.63, 3.8) is 0 Å². The molecule has 1 aliphatic carbocycles. The van der Waals surface area contributed by atoms with Crippen molar-refractivity contribution in [1.29, 1.82) is 5.26 Å². The lowest BCUT2D eigenvalue weighted by Gasteiger charge is -2.16. The summed E-state index contributed by atoms with van der Waals surface area (Å²) in [6.45, 7) is 3.79. The van der Waals surface area contributed by atoms with Crippen molar-refractivity contribution in [3.05, 3.63) is 0 Å². The normalized spacial score (nSPS) is 16.1. The van der Waals surface area contributed by atoms with Crippen LogP contribution in [0.3, 0.4) is 0 Å². The predicted molar refractivity (Wildman–Crippen MR) is 58.7 cm³/mol. The van der Waals surface area contributed by atoms with E-state index in [1.165, 1.54) is 0 Å². The van der Waals surface area contributed by atoms with Crippen molar-refractivity contribution in [2.75, 3.05) is 13.2 Å². The van der Waals surface area contributed by atoms with Crippen molar-refractivity contribution < 1.29 is 19.1 Å². The number of nitrogens with zero attached hydrogens (tertiary/aromatic N) is 1. The van der Waals surface area contributed by atoms with Gasteiger partial charge in [-0.25, -0.2) is 0 Å². The smallest absolute Gasteiger partial charge is 0.320 e. The van der Waals surface area contributed by atoms with Gasteiger partial charge < -0.3 is 9.47 Å². The molecule has 0 radical (unpaired) electrons. The SMILES string of the molecule is CCOC(=O)C(CC1(C#N)CC1)C(=O)OCC. The molecule has 0 aromatic rings. The minimum Gasteiger partial charge on any atom is -0.465 e. The molecule has 0 saturated heterocycles. The number of carbonyl (C=O) groups excluding carboxylic acids is 2. The summed E-state index contributed by atoms with van der Waals surface area (Å²) in [7, 11) is 0. The third-order valence-corrected chi connectivity index (χ3v) is 2.83. The van der Waals surface area contributed by atoms with Crippen LogP contribution in [0, 0.1) is 22.7 Å². The molecular formula is C12H17NO4. The molecule has 0 heterocycles. The molecule has 1 fully saturated rings. The molecule has 1 saturated carbocycles. The van der Waals surface area contributed by atoms with E-state index in [1.54, 1.807) is 13.8 Å². The highest BCUT2D eigenvalue weighted by molar-refractivity contribution is 5.95. The van der Waals surface area contributed by atoms with Gasteiger partial charge >= 0.3 is 11.9 Å². The van der Waals surface area contributed by atoms with Gasteiger partial charge in [-0.15, -0.1) is 0 Å². The summed E-state index contributed by atoms with van der Waals surface area (Å²) in [6, 6.07) is 2.16. The van der Waals surface area contributed by atoms with Crippen LogP contribution >= 0.6 is 0 Å². The predicted octanol–water partition coefficient (Wildman–Crippen LogP) is 1.42. The third kappa shape index (κ3) is 3.45. The number of hydrogen-bond donors (Lipinski definition) is 0. The van der Waals surface area contributed by atoms with Crippen LogP contribution in [0.15, 0.2) is 0 Å². The van der Waals surface area contributed by atoms with Gasteiger partial charge in [0.1, 0.15) is 0 Å². The van der Waals surface area contributed by atoms with E-state index in [9.17, 15) is 9.59 Å². The minimum absolute atomic E-state index is 0.209. The molecule has 0 atom stereocenters. The molecule has 94 valence electrons. The van der Waals surface area contributed by atoms with E-state index >= 15 is 0 Å². The highest BCUT2D eigenvalue weighted by Gasteiger charge is 2.48. The molecule has 5 nitrogen and oxygen atoms in total. The molecule has 0 aliphatic heterocycles. The Kier molecular flexibility index (Phi) is 4.50. The number of hydrogen-bond acceptors (Lipinski definition) is 5. The molecule has 0 aromatic heterocycles. The summed E-state index contributed by atoms with van der Waals surface area (Å²) in [5, 5.41) is 8.97. The third-order valence-electron chi connectivity index (χ3n) is 2.83. The van der Waals surface area contributed by atoms with Crippen molar-refractivity contribution in [2.24, 2.45) is 11.3 Å². The summed E-state index contributed by atoms with van der Waals surface area (Å²) in [6.07, 6.45) is 1.68. The first kappa shape index (κ1) is 13.5. The lowest BCUT2D eigenvalue weighted by atomic mass is 9.93. The Hall–Kier alpha value is -1.57. The van der Waals surface area contributed by atoms with E-state index in [2.05, 4.69) is 6.07 Å². The Morgan fingerprint density at radius 2 is 1.71 bits per heavy atom. The van der Waals surface area contributed by atoms with Gasteiger partial charge in [0.25, 0.3) is 0 Å². The molecular weight excluding hydrogens is 222 g/mol. The first-order valence-corrected chi connectivity index (χ1v) is 5.83. The molecule has 0 amide bonds. The van der Waals surface area contributed by atoms with E-state index in [0.717, 1.165) is 12.8 Å². The average molecular weight is 239 g/mol. The second kappa shape index (κ2) is 5.67. The second-order valence-corrected chi connectivity index (χ2v) is 4.15. The highest BCUT2D eigenvalue weighted by Crippen LogP contribution is 2.50. The van der Waals surface area contributed by atoms with Gasteiger partial charge in [-0.05, 0) is 33.1 Å². The number of esters is 2. The summed E-state index contributed by atoms with van der Waals surface area (Å²) < 4.78 is 9.68. The molecule has 1 aliphatic rings. The lowest BCUT2D eigenvalue weighted by molar-refractivity contribution is -0.162. The fraction of sp³-hybridized carbons (Fsp3) is 0.750. The van der Waals surface area contributed by atoms with Gasteiger partial charge in [-0.1, -0.05) is 0 Å². The van der Waals surface area contributed by atoms with Crippen LogP contribution in [-0.4, -0.2) is 25.2 Å². The van der Waals surface area contributed by atoms with Gasteiger partial charge in [-0.2, -0.15) is 5.26 Å². The zero-order valence-corrected chi connectivity index (χ0v) is 10.2. The van der Waals surface area contributed by atoms with Crippen molar-refractivity contribution in [1.82, 2.24) is 0 Å². The van der Waals surface area contributed by atoms with Gasteiger partial charge in [-0.3, -0.25) is 9.59 Å². The number of rotatable bonds is 6. The molecule has 17 heavy (non-hydrogen) atoms. The van der Waals surface area contributed by atoms with Crippen LogP contribution in [-0.2, 0) is 19.1 Å². The van der Waals surface area contributed by atoms with Crippen LogP contribution in [0.1, 0.15) is 33.1 Å². The summed E-state index contributed by atoms with van der Waals surface area (Å²) in [4.78, 5) is 23.3. The molecule has 5 heteroatoms. The topological polar surface area (TPSA) is 76.4 Å². The van der Waals surface area contributed by atoms with E-state index < -0.39 is 23.3 Å². The van der Waals surface area contributed by atoms with Gasteiger partial charge in [0, 0.05) is 0 Å². The fourth-order valence-corrected chi connectivity index (χ4v) is 1.65. The maximum absolute atomic E-state index is 11.6. The quantitative estimate of drug-likeness (QED) is 0.517. The van der Waals surface area contributed by atoms with Crippen molar-refractivity contribution in [3.8, 4) is 6.07 Å². The Balaban J connectivity index is 2.69. The maximum Gasteiger partial charge on any atom is 0.320 e. The number of nitriles is 1. The summed E-state index contributed by atoms with van der Waals surface area (Å²) >= 11 is 0. The van der Waals surface area contributed by atoms with Crippen LogP contribution < -0.4 is 0 Å². The van der Waals surface area contributed by atoms with Crippen LogP contribution in [0.25, 0.3) is 0 Å². The summed E-state index contributed by atoms with van der Waals surface area (Å²) in [5.74, 6) is -2.14. The van der Waals surface area contributed by atoms with E-state index in [4.69, 9.17) is 14.7 Å². The molecule has 0 unspecified atom stereocenters. The maximum atomic E-state index is 11.6. The fourth-order valence-electron chi connectivity index (χ4n) is 1.65. The van der Waals surface area contributed by atoms with Crippen LogP contribution in [0.5, 0.6) is 0 Å². The molecule has 0 spiro atoms. The van der Waals surface area contributed by atoms with Crippen molar-refractivity contribution >= 4 is 11.9 Å². The number of ether oxygens (including phenoxy) is 2. The molecule has 0 N–H and O–H groups in total. The second-order valence-electron chi connectivity index (χ2n) is 4.15. The Labute approximate surface area is 101 Å². The zero-order valence-electron chi connectivity index (χ0n) is 10.2. The first-order chi connectivity index (χ1) is 8.08. The van der Waals surface area contributed by atoms with Gasteiger partial charge in [0.2, 0.25) is 0 Å². The zero-order chi connectivity index (χ0) is 12.9. The van der Waals surface area contributed by atoms with Gasteiger partial charge in [0.05, 0.1) is 24.7 Å². The Bertz CT molecular complexity index is 323. The Morgan fingerprint density at radius 1 is 1.24 bits per heavy atom. The minimum atomic E-state index is -0.961. The lowest BCUT2D eigenvalue weighted by Crippen LogP contribution is -2.30. The van der Waals surface area contributed by atoms with E-state index in [1.807, 2.05) is 0 Å². The van der Waals surface area contributed by atoms with Gasteiger partial charge in [0.15, 0.2) is 5.92 Å². The first-order valence-electron chi connectivity index (χ1n) is 5.83. The van der Waals surface area contributed by atoms with E-state index in [0.29, 0.717) is 0 Å². The van der Waals surface area contributed by atoms with Crippen LogP contribution in [0.4, 0.5) is 0 Å². The highest BCUT2D eigenvalue weighted by atomic mass is 16.6. The van der Waals surface area contributed by atoms with E-state index in [-0.39, 0.29) is 19.6 Å². The molecule has 0 aromatic carbocycles. The largest absolute Gasteiger partial charge is 0.465 e. The van der Waals surface area contributed by atoms with Crippen molar-refractivity contribution in [2.45, 2.75) is 33.1 Å². The number of carbonyl (C=O) groups is 2. The molecule has 1 rings (SSSR count). The summed E-state index contributed by atoms with van der Waals surface area (Å²) in [5.41, 5.74) is -0.524. The molecule has 0 bridgehead atoms. The standard InChI is InChI=1S/C12H17NO4/c1-3-16-10(14)9(11(15)17-4-2)7-12(8-13)5-6-12/h9H,3-7H2,1-2H3. The monoisotopic (exact) mass is 239 g/mol.